The number of benzene rings is 1. The molecule has 0 fully saturated rings. The van der Waals surface area contributed by atoms with E-state index in [1.807, 2.05) is 24.3 Å². The zero-order valence-electron chi connectivity index (χ0n) is 6.04. The van der Waals surface area contributed by atoms with Gasteiger partial charge in [-0.15, -0.1) is 0 Å². The zero-order chi connectivity index (χ0) is 7.68. The first-order chi connectivity index (χ1) is 5.36. The highest BCUT2D eigenvalue weighted by Crippen LogP contribution is 2.08. The predicted molar refractivity (Wildman–Crippen MR) is 45.1 cm³/mol. The Morgan fingerprint density at radius 2 is 2.18 bits per heavy atom. The second-order valence-electron chi connectivity index (χ2n) is 2.61. The minimum Gasteiger partial charge on any atom is -0.486 e. The molecule has 1 aliphatic rings. The second kappa shape index (κ2) is 2.51. The number of ether oxygens (including phenoxy) is 1. The van der Waals surface area contributed by atoms with E-state index in [4.69, 9.17) is 4.74 Å². The molecule has 0 bridgehead atoms. The second-order valence-corrected chi connectivity index (χ2v) is 4.52. The van der Waals surface area contributed by atoms with Gasteiger partial charge in [0.1, 0.15) is 27.3 Å². The quantitative estimate of drug-likeness (QED) is 0.479. The summed E-state index contributed by atoms with van der Waals surface area (Å²) in [7, 11) is -0.683. The predicted octanol–water partition coefficient (Wildman–Crippen LogP) is -0.600. The lowest BCUT2D eigenvalue weighted by Crippen LogP contribution is -2.35. The lowest BCUT2D eigenvalue weighted by atomic mass is 10.3. The van der Waals surface area contributed by atoms with Crippen LogP contribution in [0.2, 0.25) is 0 Å². The standard InChI is InChI=1S/C8H8O2Si/c9-8-5-10-6-3-1-2-4-7(6)11-8/h1-4H,5,11H2. The van der Waals surface area contributed by atoms with Gasteiger partial charge in [-0.2, -0.15) is 0 Å². The van der Waals surface area contributed by atoms with Crippen molar-refractivity contribution in [3.05, 3.63) is 24.3 Å². The first-order valence-electron chi connectivity index (χ1n) is 3.58. The minimum atomic E-state index is -0.683. The van der Waals surface area contributed by atoms with Crippen molar-refractivity contribution >= 4 is 20.1 Å². The SMILES string of the molecule is O=C1COc2ccccc2[SiH2]1. The van der Waals surface area contributed by atoms with E-state index in [0.29, 0.717) is 12.0 Å². The van der Waals surface area contributed by atoms with Gasteiger partial charge >= 0.3 is 0 Å². The van der Waals surface area contributed by atoms with E-state index >= 15 is 0 Å². The summed E-state index contributed by atoms with van der Waals surface area (Å²) in [4.78, 5) is 11.0. The van der Waals surface area contributed by atoms with Gasteiger partial charge < -0.3 is 9.53 Å². The molecule has 1 aromatic carbocycles. The summed E-state index contributed by atoms with van der Waals surface area (Å²) in [6, 6.07) is 7.80. The van der Waals surface area contributed by atoms with E-state index in [9.17, 15) is 4.79 Å². The van der Waals surface area contributed by atoms with Crippen LogP contribution in [0.15, 0.2) is 24.3 Å². The highest BCUT2D eigenvalue weighted by molar-refractivity contribution is 6.85. The Hall–Kier alpha value is -1.09. The van der Waals surface area contributed by atoms with Crippen molar-refractivity contribution < 1.29 is 9.53 Å². The lowest BCUT2D eigenvalue weighted by molar-refractivity contribution is -0.114. The Kier molecular flexibility index (Phi) is 1.51. The topological polar surface area (TPSA) is 26.3 Å². The van der Waals surface area contributed by atoms with Crippen LogP contribution in [-0.4, -0.2) is 21.5 Å². The molecular formula is C8H8O2Si. The Bertz CT molecular complexity index is 296. The Morgan fingerprint density at radius 3 is 3.09 bits per heavy atom. The molecule has 0 spiro atoms. The van der Waals surface area contributed by atoms with E-state index in [0.717, 1.165) is 10.9 Å². The van der Waals surface area contributed by atoms with Crippen molar-refractivity contribution in [3.8, 4) is 5.75 Å². The number of rotatable bonds is 0. The first kappa shape index (κ1) is 6.61. The van der Waals surface area contributed by atoms with Crippen LogP contribution in [0.3, 0.4) is 0 Å². The average molecular weight is 164 g/mol. The fourth-order valence-corrected chi connectivity index (χ4v) is 2.49. The fourth-order valence-electron chi connectivity index (χ4n) is 1.21. The molecule has 0 amide bonds. The third-order valence-corrected chi connectivity index (χ3v) is 3.31. The molecule has 1 aromatic rings. The van der Waals surface area contributed by atoms with Gasteiger partial charge in [0.2, 0.25) is 0 Å². The molecule has 0 aromatic heterocycles. The van der Waals surface area contributed by atoms with Crippen LogP contribution < -0.4 is 9.92 Å². The molecule has 0 saturated carbocycles. The van der Waals surface area contributed by atoms with E-state index in [-0.39, 0.29) is 0 Å². The van der Waals surface area contributed by atoms with Crippen LogP contribution >= 0.6 is 0 Å². The molecule has 56 valence electrons. The molecule has 3 heteroatoms. The van der Waals surface area contributed by atoms with Crippen molar-refractivity contribution in [2.45, 2.75) is 0 Å². The fraction of sp³-hybridized carbons (Fsp3) is 0.125. The maximum absolute atomic E-state index is 11.0. The number of carbonyl (C=O) groups excluding carboxylic acids is 1. The van der Waals surface area contributed by atoms with Gasteiger partial charge in [0.15, 0.2) is 0 Å². The van der Waals surface area contributed by atoms with Crippen molar-refractivity contribution in [1.82, 2.24) is 0 Å². The number of hydrogen-bond acceptors (Lipinski definition) is 2. The largest absolute Gasteiger partial charge is 0.486 e. The highest BCUT2D eigenvalue weighted by Gasteiger charge is 2.15. The summed E-state index contributed by atoms with van der Waals surface area (Å²) in [5.41, 5.74) is 0. The summed E-state index contributed by atoms with van der Waals surface area (Å²) in [5.74, 6) is 0.916. The molecular weight excluding hydrogens is 156 g/mol. The minimum absolute atomic E-state index is 0.295. The monoisotopic (exact) mass is 164 g/mol. The van der Waals surface area contributed by atoms with Crippen LogP contribution in [0.25, 0.3) is 0 Å². The Balaban J connectivity index is 2.41. The van der Waals surface area contributed by atoms with Gasteiger partial charge in [-0.25, -0.2) is 0 Å². The van der Waals surface area contributed by atoms with Crippen molar-refractivity contribution in [2.75, 3.05) is 6.61 Å². The molecule has 0 N–H and O–H groups in total. The van der Waals surface area contributed by atoms with E-state index < -0.39 is 9.52 Å². The smallest absolute Gasteiger partial charge is 0.146 e. The van der Waals surface area contributed by atoms with Crippen LogP contribution in [0.4, 0.5) is 0 Å². The molecule has 0 unspecified atom stereocenters. The van der Waals surface area contributed by atoms with Crippen molar-refractivity contribution in [1.29, 1.82) is 0 Å². The number of para-hydroxylation sites is 1. The number of fused-ring (bicyclic) bond motifs is 1. The van der Waals surface area contributed by atoms with Gasteiger partial charge in [0.05, 0.1) is 0 Å². The van der Waals surface area contributed by atoms with Crippen LogP contribution in [0.1, 0.15) is 0 Å². The molecule has 2 rings (SSSR count). The zero-order valence-corrected chi connectivity index (χ0v) is 7.45. The average Bonchev–Trinajstić information content (AvgIpc) is 2.04. The molecule has 0 radical (unpaired) electrons. The third kappa shape index (κ3) is 1.19. The van der Waals surface area contributed by atoms with Crippen molar-refractivity contribution in [3.63, 3.8) is 0 Å². The summed E-state index contributed by atoms with van der Waals surface area (Å²) in [6.45, 7) is 0.295. The van der Waals surface area contributed by atoms with E-state index in [1.54, 1.807) is 0 Å². The number of carbonyl (C=O) groups is 1. The number of hydrogen-bond donors (Lipinski definition) is 0. The molecule has 0 aliphatic carbocycles. The van der Waals surface area contributed by atoms with Crippen LogP contribution in [0.5, 0.6) is 5.75 Å². The molecule has 11 heavy (non-hydrogen) atoms. The van der Waals surface area contributed by atoms with Crippen LogP contribution in [-0.2, 0) is 4.79 Å². The van der Waals surface area contributed by atoms with Crippen molar-refractivity contribution in [2.24, 2.45) is 0 Å². The molecule has 0 saturated heterocycles. The van der Waals surface area contributed by atoms with E-state index in [1.165, 1.54) is 0 Å². The molecule has 0 atom stereocenters. The summed E-state index contributed by atoms with van der Waals surface area (Å²) in [5, 5.41) is 1.44. The molecule has 1 heterocycles. The molecule has 2 nitrogen and oxygen atoms in total. The first-order valence-corrected chi connectivity index (χ1v) is 5.00. The summed E-state index contributed by atoms with van der Waals surface area (Å²) in [6.07, 6.45) is 0. The Morgan fingerprint density at radius 1 is 1.36 bits per heavy atom. The maximum atomic E-state index is 11.0. The normalized spacial score (nSPS) is 17.6. The molecule has 1 aliphatic heterocycles. The van der Waals surface area contributed by atoms with Gasteiger partial charge in [-0.05, 0) is 11.3 Å². The summed E-state index contributed by atoms with van der Waals surface area (Å²) >= 11 is 0. The van der Waals surface area contributed by atoms with Gasteiger partial charge in [-0.1, -0.05) is 18.2 Å². The van der Waals surface area contributed by atoms with Crippen LogP contribution in [0, 0.1) is 0 Å². The van der Waals surface area contributed by atoms with Gasteiger partial charge in [-0.3, -0.25) is 0 Å². The Labute approximate surface area is 67.0 Å². The highest BCUT2D eigenvalue weighted by atomic mass is 28.2. The summed E-state index contributed by atoms with van der Waals surface area (Å²) < 4.78 is 5.22. The lowest BCUT2D eigenvalue weighted by Gasteiger charge is -2.14. The van der Waals surface area contributed by atoms with Gasteiger partial charge in [0, 0.05) is 0 Å². The van der Waals surface area contributed by atoms with E-state index in [2.05, 4.69) is 0 Å². The van der Waals surface area contributed by atoms with Gasteiger partial charge in [0.25, 0.3) is 0 Å². The maximum Gasteiger partial charge on any atom is 0.146 e. The third-order valence-electron chi connectivity index (χ3n) is 1.75.